The van der Waals surface area contributed by atoms with E-state index < -0.39 is 0 Å². The number of benzene rings is 14. The SMILES string of the molecule is CC1(C)c2cc(N(c3ccccc3)c3cccc4ccccc34)ccc2-c2sc3c(c21)C(C)(C)c1cc(N(c2ccccc2)c2cccc4ccccc24)ccc1-3.Cc1cc(C)c(N(c2ccccc2)c2ccc3c(c2)C(C)(C)c2c-3sc3c2C(C)(C)c2cc(N(c4ccccc4)c4c(C)cc(C)cc4C)ccc2-3)c(C)c1. The van der Waals surface area contributed by atoms with Gasteiger partial charge in [-0.25, -0.2) is 0 Å². The quantitative estimate of drug-likeness (QED) is 0.121. The Hall–Kier alpha value is -11.8. The average Bonchev–Trinajstić information content (AvgIpc) is 1.52. The number of anilines is 12. The fourth-order valence-corrected chi connectivity index (χ4v) is 23.3. The molecule has 4 nitrogen and oxygen atoms in total. The van der Waals surface area contributed by atoms with Crippen LogP contribution in [0.1, 0.15) is 133 Å². The van der Waals surface area contributed by atoms with Crippen molar-refractivity contribution >= 4 is 112 Å². The van der Waals surface area contributed by atoms with E-state index in [1.54, 1.807) is 0 Å². The van der Waals surface area contributed by atoms with Gasteiger partial charge < -0.3 is 19.6 Å². The summed E-state index contributed by atoms with van der Waals surface area (Å²) in [7, 11) is 0. The number of nitrogens with zero attached hydrogens (tertiary/aromatic N) is 4. The van der Waals surface area contributed by atoms with E-state index in [-0.39, 0.29) is 21.7 Å². The largest absolute Gasteiger partial charge is 0.310 e. The lowest BCUT2D eigenvalue weighted by Crippen LogP contribution is -2.24. The Balaban J connectivity index is 0.000000151. The number of rotatable bonds is 12. The first kappa shape index (κ1) is 70.6. The molecule has 0 atom stereocenters. The third-order valence-electron chi connectivity index (χ3n) is 24.8. The molecule has 112 heavy (non-hydrogen) atoms. The van der Waals surface area contributed by atoms with Crippen molar-refractivity contribution in [3.8, 4) is 41.8 Å². The molecule has 4 aliphatic rings. The lowest BCUT2D eigenvalue weighted by molar-refractivity contribution is 0.603. The summed E-state index contributed by atoms with van der Waals surface area (Å²) in [6.45, 7) is 33.0. The van der Waals surface area contributed by atoms with E-state index in [4.69, 9.17) is 0 Å². The first-order valence-electron chi connectivity index (χ1n) is 39.5. The molecule has 0 amide bonds. The van der Waals surface area contributed by atoms with Crippen molar-refractivity contribution in [2.75, 3.05) is 19.6 Å². The second-order valence-electron chi connectivity index (χ2n) is 33.6. The Labute approximate surface area is 668 Å². The van der Waals surface area contributed by atoms with E-state index in [2.05, 4.69) is 420 Å². The van der Waals surface area contributed by atoms with Crippen molar-refractivity contribution < 1.29 is 0 Å². The first-order valence-corrected chi connectivity index (χ1v) is 41.2. The van der Waals surface area contributed by atoms with Crippen LogP contribution < -0.4 is 19.6 Å². The van der Waals surface area contributed by atoms with E-state index in [0.29, 0.717) is 0 Å². The highest BCUT2D eigenvalue weighted by Gasteiger charge is 2.51. The van der Waals surface area contributed by atoms with E-state index >= 15 is 0 Å². The van der Waals surface area contributed by atoms with Gasteiger partial charge in [-0.3, -0.25) is 0 Å². The van der Waals surface area contributed by atoms with Crippen molar-refractivity contribution in [2.45, 2.75) is 119 Å². The molecule has 16 aromatic rings. The number of para-hydroxylation sites is 4. The van der Waals surface area contributed by atoms with Crippen molar-refractivity contribution in [3.05, 3.63) is 381 Å². The number of hydrogen-bond acceptors (Lipinski definition) is 6. The number of aryl methyl sites for hydroxylation is 6. The predicted molar refractivity (Wildman–Crippen MR) is 481 cm³/mol. The van der Waals surface area contributed by atoms with Crippen LogP contribution in [0.2, 0.25) is 0 Å². The minimum atomic E-state index is -0.187. The molecule has 0 fully saturated rings. The predicted octanol–water partition coefficient (Wildman–Crippen LogP) is 30.8. The van der Waals surface area contributed by atoms with Gasteiger partial charge in [-0.15, -0.1) is 22.7 Å². The highest BCUT2D eigenvalue weighted by Crippen LogP contribution is 2.67. The maximum absolute atomic E-state index is 2.48. The monoisotopic (exact) mass is 1480 g/mol. The Bertz CT molecular complexity index is 6030. The van der Waals surface area contributed by atoms with Gasteiger partial charge in [0.1, 0.15) is 0 Å². The Morgan fingerprint density at radius 1 is 0.223 bits per heavy atom. The van der Waals surface area contributed by atoms with Gasteiger partial charge in [0.05, 0.1) is 22.7 Å². The van der Waals surface area contributed by atoms with Crippen LogP contribution in [-0.4, -0.2) is 0 Å². The fraction of sp³-hybridized carbons (Fsp3) is 0.170. The van der Waals surface area contributed by atoms with E-state index in [0.717, 1.165) is 11.4 Å². The zero-order chi connectivity index (χ0) is 77.0. The second kappa shape index (κ2) is 26.4. The molecule has 4 aliphatic carbocycles. The molecule has 14 aromatic carbocycles. The Morgan fingerprint density at radius 3 is 0.750 bits per heavy atom. The van der Waals surface area contributed by atoms with Crippen LogP contribution in [-0.2, 0) is 21.7 Å². The fourth-order valence-electron chi connectivity index (χ4n) is 19.9. The lowest BCUT2D eigenvalue weighted by Gasteiger charge is -2.32. The zero-order valence-electron chi connectivity index (χ0n) is 66.5. The molecule has 20 rings (SSSR count). The number of fused-ring (bicyclic) bond motifs is 16. The molecule has 2 aromatic heterocycles. The third-order valence-corrected chi connectivity index (χ3v) is 27.3. The average molecular weight is 1490 g/mol. The maximum Gasteiger partial charge on any atom is 0.0540 e. The van der Waals surface area contributed by atoms with Crippen LogP contribution in [0, 0.1) is 41.5 Å². The van der Waals surface area contributed by atoms with Gasteiger partial charge in [0.2, 0.25) is 0 Å². The highest BCUT2D eigenvalue weighted by atomic mass is 32.1. The molecule has 2 heterocycles. The third kappa shape index (κ3) is 11.0. The van der Waals surface area contributed by atoms with Crippen molar-refractivity contribution in [2.24, 2.45) is 0 Å². The van der Waals surface area contributed by atoms with Gasteiger partial charge in [-0.2, -0.15) is 0 Å². The van der Waals surface area contributed by atoms with Crippen LogP contribution in [0.5, 0.6) is 0 Å². The summed E-state index contributed by atoms with van der Waals surface area (Å²) >= 11 is 3.99. The summed E-state index contributed by atoms with van der Waals surface area (Å²) in [4.78, 5) is 15.5. The van der Waals surface area contributed by atoms with E-state index in [1.165, 1.54) is 198 Å². The highest BCUT2D eigenvalue weighted by molar-refractivity contribution is 7.20. The van der Waals surface area contributed by atoms with Gasteiger partial charge in [0.25, 0.3) is 0 Å². The van der Waals surface area contributed by atoms with Crippen LogP contribution in [0.15, 0.2) is 303 Å². The minimum absolute atomic E-state index is 0.168. The van der Waals surface area contributed by atoms with E-state index in [1.807, 2.05) is 22.7 Å². The van der Waals surface area contributed by atoms with Crippen LogP contribution in [0.25, 0.3) is 63.3 Å². The maximum atomic E-state index is 2.48. The number of hydrogen-bond donors (Lipinski definition) is 0. The molecule has 0 spiro atoms. The number of thiophene rings is 2. The standard InChI is InChI=1S/C54H42N2S.C52H50N2S/c1-53(2)45-33-39(55(37-21-7-5-8-22-37)47-27-15-19-35-17-11-13-25-41(35)47)29-31-43(45)51-49(53)50-52(57-51)44-32-30-40(34-46(44)54(50,3)4)56(38-23-9-6-10-24-38)48-28-16-20-36-18-12-14-26-42(36)48;1-31-25-33(3)47(34(4)26-31)53(37-17-13-11-14-18-37)39-21-23-41-43(29-39)51(7,8)45-46-50(55-49(41)45)42-24-22-40(30-44(42)52(46,9)10)54(38-19-15-12-16-20-38)48-35(5)27-32(2)28-36(48)6/h5-34H,1-4H3;11-30H,1-10H3. The molecule has 0 saturated carbocycles. The molecule has 6 heteroatoms. The van der Waals surface area contributed by atoms with Gasteiger partial charge in [0, 0.05) is 97.4 Å². The minimum Gasteiger partial charge on any atom is -0.310 e. The first-order chi connectivity index (χ1) is 54.1. The molecule has 0 saturated heterocycles. The van der Waals surface area contributed by atoms with Gasteiger partial charge in [-0.1, -0.05) is 261 Å². The van der Waals surface area contributed by atoms with Crippen molar-refractivity contribution in [1.82, 2.24) is 0 Å². The van der Waals surface area contributed by atoms with Crippen molar-refractivity contribution in [3.63, 3.8) is 0 Å². The summed E-state index contributed by atoms with van der Waals surface area (Å²) in [5.41, 5.74) is 38.4. The summed E-state index contributed by atoms with van der Waals surface area (Å²) in [5.74, 6) is 0. The molecule has 0 N–H and O–H groups in total. The molecule has 0 unspecified atom stereocenters. The molecule has 548 valence electrons. The Kier molecular flexibility index (Phi) is 16.7. The van der Waals surface area contributed by atoms with Crippen LogP contribution in [0.4, 0.5) is 68.2 Å². The summed E-state index contributed by atoms with van der Waals surface area (Å²) in [6, 6.07) is 112. The summed E-state index contributed by atoms with van der Waals surface area (Å²) in [5, 5.41) is 4.96. The van der Waals surface area contributed by atoms with Crippen LogP contribution >= 0.6 is 22.7 Å². The summed E-state index contributed by atoms with van der Waals surface area (Å²) < 4.78 is 0. The normalized spacial score (nSPS) is 14.3. The van der Waals surface area contributed by atoms with Gasteiger partial charge in [0.15, 0.2) is 0 Å². The topological polar surface area (TPSA) is 13.0 Å². The molecule has 0 bridgehead atoms. The van der Waals surface area contributed by atoms with Crippen molar-refractivity contribution in [1.29, 1.82) is 0 Å². The zero-order valence-corrected chi connectivity index (χ0v) is 68.1. The lowest BCUT2D eigenvalue weighted by atomic mass is 9.74. The van der Waals surface area contributed by atoms with Gasteiger partial charge >= 0.3 is 0 Å². The van der Waals surface area contributed by atoms with Gasteiger partial charge in [-0.05, 0) is 251 Å². The smallest absolute Gasteiger partial charge is 0.0540 e. The second-order valence-corrected chi connectivity index (χ2v) is 35.7. The molecule has 0 radical (unpaired) electrons. The van der Waals surface area contributed by atoms with E-state index in [9.17, 15) is 0 Å². The Morgan fingerprint density at radius 2 is 0.464 bits per heavy atom. The summed E-state index contributed by atoms with van der Waals surface area (Å²) in [6.07, 6.45) is 0. The molecular formula is C106H92N4S2. The molecular weight excluding hydrogens is 1390 g/mol. The molecule has 0 aliphatic heterocycles. The van der Waals surface area contributed by atoms with Crippen LogP contribution in [0.3, 0.4) is 0 Å².